The highest BCUT2D eigenvalue weighted by atomic mass is 35.5. The monoisotopic (exact) mass is 299 g/mol. The second-order valence-electron chi connectivity index (χ2n) is 5.29. The van der Waals surface area contributed by atoms with Gasteiger partial charge in [-0.25, -0.2) is 0 Å². The second kappa shape index (κ2) is 6.62. The van der Waals surface area contributed by atoms with E-state index in [1.807, 2.05) is 23.1 Å². The predicted molar refractivity (Wildman–Crippen MR) is 79.8 cm³/mol. The summed E-state index contributed by atoms with van der Waals surface area (Å²) in [5, 5.41) is 1.29. The van der Waals surface area contributed by atoms with E-state index in [-0.39, 0.29) is 5.91 Å². The molecule has 0 aliphatic carbocycles. The number of piperidine rings is 1. The number of carbonyl (C=O) groups is 1. The molecule has 1 amide bonds. The Morgan fingerprint density at radius 3 is 2.68 bits per heavy atom. The van der Waals surface area contributed by atoms with Crippen LogP contribution in [0.25, 0.3) is 0 Å². The lowest BCUT2D eigenvalue weighted by Crippen LogP contribution is -2.39. The third kappa shape index (κ3) is 3.87. The molecule has 0 radical (unpaired) electrons. The summed E-state index contributed by atoms with van der Waals surface area (Å²) in [7, 11) is 0. The zero-order chi connectivity index (χ0) is 13.8. The summed E-state index contributed by atoms with van der Waals surface area (Å²) < 4.78 is 0. The highest BCUT2D eigenvalue weighted by Gasteiger charge is 2.21. The average molecular weight is 300 g/mol. The van der Waals surface area contributed by atoms with Crippen molar-refractivity contribution in [3.8, 4) is 0 Å². The Balaban J connectivity index is 1.93. The van der Waals surface area contributed by atoms with Crippen LogP contribution >= 0.6 is 23.2 Å². The second-order valence-corrected chi connectivity index (χ2v) is 6.10. The molecule has 1 aliphatic rings. The van der Waals surface area contributed by atoms with Crippen molar-refractivity contribution < 1.29 is 4.79 Å². The maximum absolute atomic E-state index is 12.2. The van der Waals surface area contributed by atoms with Crippen LogP contribution in [0.15, 0.2) is 18.2 Å². The van der Waals surface area contributed by atoms with Crippen LogP contribution in [0.1, 0.15) is 31.7 Å². The first-order valence-electron chi connectivity index (χ1n) is 6.78. The third-order valence-corrected chi connectivity index (χ3v) is 4.37. The number of nitrogens with zero attached hydrogens (tertiary/aromatic N) is 1. The largest absolute Gasteiger partial charge is 0.342 e. The summed E-state index contributed by atoms with van der Waals surface area (Å²) in [6, 6.07) is 5.45. The van der Waals surface area contributed by atoms with Crippen LogP contribution in [-0.4, -0.2) is 23.9 Å². The fourth-order valence-electron chi connectivity index (χ4n) is 2.58. The fraction of sp³-hybridized carbons (Fsp3) is 0.533. The average Bonchev–Trinajstić information content (AvgIpc) is 2.38. The molecule has 1 aliphatic heterocycles. The zero-order valence-corrected chi connectivity index (χ0v) is 12.7. The molecular weight excluding hydrogens is 281 g/mol. The molecule has 2 nitrogen and oxygen atoms in total. The van der Waals surface area contributed by atoms with Gasteiger partial charge < -0.3 is 4.90 Å². The molecule has 104 valence electrons. The molecule has 1 saturated heterocycles. The standard InChI is InChI=1S/C15H19Cl2NO/c1-11-4-3-9-18(10-11)15(19)8-7-12-13(16)5-2-6-14(12)17/h2,5-6,11H,3-4,7-10H2,1H3/t11-/m1/s1. The van der Waals surface area contributed by atoms with Crippen LogP contribution < -0.4 is 0 Å². The van der Waals surface area contributed by atoms with E-state index in [0.717, 1.165) is 25.1 Å². The third-order valence-electron chi connectivity index (χ3n) is 3.66. The van der Waals surface area contributed by atoms with Gasteiger partial charge in [-0.2, -0.15) is 0 Å². The molecule has 0 unspecified atom stereocenters. The van der Waals surface area contributed by atoms with E-state index >= 15 is 0 Å². The van der Waals surface area contributed by atoms with Crippen molar-refractivity contribution in [1.82, 2.24) is 4.90 Å². The van der Waals surface area contributed by atoms with Crippen LogP contribution in [0.3, 0.4) is 0 Å². The summed E-state index contributed by atoms with van der Waals surface area (Å²) >= 11 is 12.2. The van der Waals surface area contributed by atoms with Crippen molar-refractivity contribution in [2.75, 3.05) is 13.1 Å². The molecule has 1 aromatic carbocycles. The SMILES string of the molecule is C[C@@H]1CCCN(C(=O)CCc2c(Cl)cccc2Cl)C1. The molecule has 0 bridgehead atoms. The van der Waals surface area contributed by atoms with Gasteiger partial charge in [0.2, 0.25) is 5.91 Å². The summed E-state index contributed by atoms with van der Waals surface area (Å²) in [6.45, 7) is 3.97. The molecule has 2 rings (SSSR count). The first-order chi connectivity index (χ1) is 9.08. The van der Waals surface area contributed by atoms with Crippen molar-refractivity contribution in [3.05, 3.63) is 33.8 Å². The summed E-state index contributed by atoms with van der Waals surface area (Å²) in [5.74, 6) is 0.823. The number of hydrogen-bond donors (Lipinski definition) is 0. The van der Waals surface area contributed by atoms with Crippen LogP contribution in [-0.2, 0) is 11.2 Å². The summed E-state index contributed by atoms with van der Waals surface area (Å²) in [5.41, 5.74) is 0.879. The minimum absolute atomic E-state index is 0.211. The van der Waals surface area contributed by atoms with Crippen LogP contribution in [0.2, 0.25) is 10.0 Å². The molecule has 0 saturated carbocycles. The Kier molecular flexibility index (Phi) is 5.12. The lowest BCUT2D eigenvalue weighted by molar-refractivity contribution is -0.132. The van der Waals surface area contributed by atoms with E-state index in [9.17, 15) is 4.79 Å². The van der Waals surface area contributed by atoms with E-state index in [2.05, 4.69) is 6.92 Å². The van der Waals surface area contributed by atoms with Crippen molar-refractivity contribution >= 4 is 29.1 Å². The topological polar surface area (TPSA) is 20.3 Å². The van der Waals surface area contributed by atoms with Crippen LogP contribution in [0, 0.1) is 5.92 Å². The van der Waals surface area contributed by atoms with Gasteiger partial charge in [0.05, 0.1) is 0 Å². The van der Waals surface area contributed by atoms with Gasteiger partial charge in [0.15, 0.2) is 0 Å². The maximum atomic E-state index is 12.2. The highest BCUT2D eigenvalue weighted by Crippen LogP contribution is 2.26. The van der Waals surface area contributed by atoms with Crippen molar-refractivity contribution in [2.45, 2.75) is 32.6 Å². The van der Waals surface area contributed by atoms with Gasteiger partial charge in [-0.15, -0.1) is 0 Å². The van der Waals surface area contributed by atoms with E-state index in [1.165, 1.54) is 6.42 Å². The number of rotatable bonds is 3. The first-order valence-corrected chi connectivity index (χ1v) is 7.54. The molecule has 1 heterocycles. The van der Waals surface area contributed by atoms with Gasteiger partial charge in [0.25, 0.3) is 0 Å². The van der Waals surface area contributed by atoms with E-state index < -0.39 is 0 Å². The Labute approximate surface area is 124 Å². The lowest BCUT2D eigenvalue weighted by atomic mass is 9.99. The number of benzene rings is 1. The Hall–Kier alpha value is -0.730. The number of halogens is 2. The lowest BCUT2D eigenvalue weighted by Gasteiger charge is -2.31. The predicted octanol–water partition coefficient (Wildman–Crippen LogP) is 4.18. The smallest absolute Gasteiger partial charge is 0.222 e. The Morgan fingerprint density at radius 1 is 1.37 bits per heavy atom. The van der Waals surface area contributed by atoms with Crippen molar-refractivity contribution in [2.24, 2.45) is 5.92 Å². The van der Waals surface area contributed by atoms with Crippen LogP contribution in [0.5, 0.6) is 0 Å². The normalized spacial score (nSPS) is 19.5. The van der Waals surface area contributed by atoms with Gasteiger partial charge in [0.1, 0.15) is 0 Å². The van der Waals surface area contributed by atoms with Crippen molar-refractivity contribution in [1.29, 1.82) is 0 Å². The number of amides is 1. The molecule has 19 heavy (non-hydrogen) atoms. The molecule has 1 fully saturated rings. The number of hydrogen-bond acceptors (Lipinski definition) is 1. The minimum atomic E-state index is 0.211. The van der Waals surface area contributed by atoms with Gasteiger partial charge in [0, 0.05) is 29.6 Å². The van der Waals surface area contributed by atoms with E-state index in [0.29, 0.717) is 28.8 Å². The molecule has 0 N–H and O–H groups in total. The first kappa shape index (κ1) is 14.7. The van der Waals surface area contributed by atoms with E-state index in [4.69, 9.17) is 23.2 Å². The van der Waals surface area contributed by atoms with Gasteiger partial charge in [-0.05, 0) is 42.9 Å². The molecule has 4 heteroatoms. The minimum Gasteiger partial charge on any atom is -0.342 e. The molecular formula is C15H19Cl2NO. The maximum Gasteiger partial charge on any atom is 0.222 e. The zero-order valence-electron chi connectivity index (χ0n) is 11.2. The molecule has 1 atom stereocenters. The van der Waals surface area contributed by atoms with E-state index in [1.54, 1.807) is 0 Å². The van der Waals surface area contributed by atoms with Gasteiger partial charge >= 0.3 is 0 Å². The van der Waals surface area contributed by atoms with Gasteiger partial charge in [-0.3, -0.25) is 4.79 Å². The van der Waals surface area contributed by atoms with Crippen molar-refractivity contribution in [3.63, 3.8) is 0 Å². The molecule has 0 spiro atoms. The Bertz CT molecular complexity index is 441. The fourth-order valence-corrected chi connectivity index (χ4v) is 3.16. The van der Waals surface area contributed by atoms with Crippen LogP contribution in [0.4, 0.5) is 0 Å². The summed E-state index contributed by atoms with van der Waals surface area (Å²) in [4.78, 5) is 14.2. The highest BCUT2D eigenvalue weighted by molar-refractivity contribution is 6.36. The summed E-state index contributed by atoms with van der Waals surface area (Å²) in [6.07, 6.45) is 3.43. The molecule has 0 aromatic heterocycles. The van der Waals surface area contributed by atoms with Gasteiger partial charge in [-0.1, -0.05) is 36.2 Å². The molecule has 1 aromatic rings. The Morgan fingerprint density at radius 2 is 2.05 bits per heavy atom. The number of likely N-dealkylation sites (tertiary alicyclic amines) is 1. The quantitative estimate of drug-likeness (QED) is 0.820. The number of carbonyl (C=O) groups excluding carboxylic acids is 1.